The molecule has 18 rings (SSSR count). The highest BCUT2D eigenvalue weighted by atomic mass is 35.5. The standard InChI is InChI=1S/C34H31F6N5O3.C34H33F4N5O3.C30H31ClF2N4O4/c1-6-24(47)42-14-19-15-44(34(38,39)40)32-31(43(19)13-18(42)5)20-12-22(36)26(25-21(35)8-7-9-23(25)46)27(37)30(20)45(33(32)48)29-17(4)10-11-41-28(29)16(2)3;1-6-25(45)41-15-20-14-40(16-35)33-32(42(20)13-19(41)5)21-12-23(37)27(26-22(36)8-7-9-24(26)44)28(38)31(21)43(34(33)46)30-18(4)10-11-39-29(30)17(2)3;1-4-23(39)35-14-18-15-41-29-28(36(18)12-16(35)2)19-11-20(31)24(25-21(32)8-5-9-22(25)38)26(33)27(19)37(30(29)40)13-17-7-6-10-34(17)3/h6-12,16,18-19,46H,1,13-15H2,2-5H3;6-12,17,19-20,44H,1,13-16H2,2-5H3;4-5,8-9,11,16-18,38H,1,6-7,10,12-15H2,2-3H3. The summed E-state index contributed by atoms with van der Waals surface area (Å²) >= 11 is 6.67. The van der Waals surface area contributed by atoms with Crippen molar-refractivity contribution in [1.82, 2.24) is 43.3 Å². The van der Waals surface area contributed by atoms with E-state index in [0.29, 0.717) is 41.0 Å². The Bertz CT molecular complexity index is 6910. The van der Waals surface area contributed by atoms with Crippen LogP contribution in [0.2, 0.25) is 5.02 Å². The second kappa shape index (κ2) is 36.4. The molecule has 12 heterocycles. The highest BCUT2D eigenvalue weighted by Gasteiger charge is 2.52. The largest absolute Gasteiger partial charge is 0.507 e. The molecule has 5 aromatic heterocycles. The predicted molar refractivity (Wildman–Crippen MR) is 492 cm³/mol. The molecule has 37 heteroatoms. The van der Waals surface area contributed by atoms with Crippen LogP contribution in [0.5, 0.6) is 23.0 Å². The Balaban J connectivity index is 0.000000147. The van der Waals surface area contributed by atoms with Crippen molar-refractivity contribution < 1.29 is 87.1 Å². The van der Waals surface area contributed by atoms with Gasteiger partial charge in [-0.25, -0.2) is 39.5 Å². The molecule has 7 aliphatic heterocycles. The maximum atomic E-state index is 17.2. The fourth-order valence-electron chi connectivity index (χ4n) is 20.3. The number of carbonyl (C=O) groups is 3. The molecule has 708 valence electrons. The van der Waals surface area contributed by atoms with E-state index in [-0.39, 0.29) is 165 Å². The number of alkyl halides is 4. The number of pyridine rings is 5. The zero-order chi connectivity index (χ0) is 97.3. The molecule has 4 fully saturated rings. The molecule has 24 nitrogen and oxygen atoms in total. The van der Waals surface area contributed by atoms with Gasteiger partial charge >= 0.3 is 6.30 Å². The molecule has 135 heavy (non-hydrogen) atoms. The van der Waals surface area contributed by atoms with Gasteiger partial charge in [0.1, 0.15) is 64.3 Å². The molecule has 7 atom stereocenters. The number of aromatic nitrogens is 5. The van der Waals surface area contributed by atoms with E-state index in [4.69, 9.17) is 16.3 Å². The van der Waals surface area contributed by atoms with Gasteiger partial charge in [-0.15, -0.1) is 0 Å². The van der Waals surface area contributed by atoms with Crippen LogP contribution in [0.1, 0.15) is 95.7 Å². The van der Waals surface area contributed by atoms with Gasteiger partial charge in [0.25, 0.3) is 16.7 Å². The third-order valence-electron chi connectivity index (χ3n) is 26.7. The average molecular weight is 1890 g/mol. The van der Waals surface area contributed by atoms with Crippen molar-refractivity contribution in [2.75, 3.05) is 104 Å². The van der Waals surface area contributed by atoms with Crippen molar-refractivity contribution in [2.24, 2.45) is 0 Å². The summed E-state index contributed by atoms with van der Waals surface area (Å²) in [6.07, 6.45) is 3.17. The van der Waals surface area contributed by atoms with E-state index in [1.807, 2.05) is 32.7 Å². The molecule has 7 unspecified atom stereocenters. The third-order valence-corrected chi connectivity index (χ3v) is 27.0. The lowest BCUT2D eigenvalue weighted by Gasteiger charge is -2.51. The van der Waals surface area contributed by atoms with E-state index in [2.05, 4.69) is 34.6 Å². The first-order valence-electron chi connectivity index (χ1n) is 43.8. The first kappa shape index (κ1) is 94.7. The molecule has 0 spiro atoms. The van der Waals surface area contributed by atoms with Crippen LogP contribution in [-0.2, 0) is 20.9 Å². The molecule has 3 N–H and O–H groups in total. The number of hydrogen-bond acceptors (Lipinski definition) is 18. The van der Waals surface area contributed by atoms with Crippen molar-refractivity contribution in [3.8, 4) is 67.8 Å². The van der Waals surface area contributed by atoms with E-state index < -0.39 is 169 Å². The summed E-state index contributed by atoms with van der Waals surface area (Å²) in [7, 11) is 1.96. The average Bonchev–Trinajstić information content (AvgIpc) is 1.20. The molecule has 0 aliphatic carbocycles. The number of phenols is 3. The Morgan fingerprint density at radius 2 is 0.919 bits per heavy atom. The SMILES string of the molecule is C=CC(=O)N1CC2CN(C(F)(F)F)c3c(c4cc(F)c(-c5c(O)cccc5F)c(F)c4n(-c4c(C)ccnc4C(C)C)c3=O)N2CC1C.C=CC(=O)N1CC2CN(CF)c3c(c4cc(F)c(-c5c(O)cccc5F)c(F)c4n(-c4c(C)ccnc4C(C)C)c3=O)N2CC1C.C=CC(=O)N1CC2COc3c(c4cc(Cl)c(-c5c(O)cccc5F)c(F)c4n(CC4CCCN4C)c3=O)N2CC1C. The summed E-state index contributed by atoms with van der Waals surface area (Å²) in [5, 5.41) is 31.4. The monoisotopic (exact) mass is 1890 g/mol. The lowest BCUT2D eigenvalue weighted by atomic mass is 9.95. The fraction of sp³-hybridized carbons (Fsp3) is 0.347. The number of aromatic hydroxyl groups is 3. The number of likely N-dealkylation sites (tertiary alicyclic amines) is 1. The minimum absolute atomic E-state index is 0.0147. The Kier molecular flexibility index (Phi) is 25.5. The van der Waals surface area contributed by atoms with E-state index in [1.165, 1.54) is 67.9 Å². The zero-order valence-corrected chi connectivity index (χ0v) is 75.8. The maximum absolute atomic E-state index is 17.2. The number of phenolic OH excluding ortho intramolecular Hbond substituents is 3. The van der Waals surface area contributed by atoms with E-state index >= 15 is 30.7 Å². The van der Waals surface area contributed by atoms with Crippen LogP contribution in [-0.4, -0.2) is 204 Å². The lowest BCUT2D eigenvalue weighted by molar-refractivity contribution is -0.133. The third kappa shape index (κ3) is 16.0. The van der Waals surface area contributed by atoms with Crippen molar-refractivity contribution in [3.63, 3.8) is 0 Å². The van der Waals surface area contributed by atoms with Crippen molar-refractivity contribution in [1.29, 1.82) is 0 Å². The van der Waals surface area contributed by atoms with Crippen LogP contribution >= 0.6 is 11.6 Å². The van der Waals surface area contributed by atoms with Gasteiger partial charge in [0.15, 0.2) is 24.3 Å². The zero-order valence-electron chi connectivity index (χ0n) is 75.1. The molecule has 0 bridgehead atoms. The molecule has 7 aliphatic rings. The van der Waals surface area contributed by atoms with Gasteiger partial charge in [0.2, 0.25) is 23.5 Å². The van der Waals surface area contributed by atoms with Gasteiger partial charge in [0, 0.05) is 117 Å². The van der Waals surface area contributed by atoms with Gasteiger partial charge in [0.05, 0.1) is 107 Å². The molecule has 3 amide bonds. The number of carbonyl (C=O) groups excluding carboxylic acids is 3. The maximum Gasteiger partial charge on any atom is 0.485 e. The number of likely N-dealkylation sites (N-methyl/N-ethyl adjacent to an activating group) is 1. The number of ether oxygens (including phenoxy) is 1. The molecule has 11 aromatic rings. The number of nitrogens with zero attached hydrogens (tertiary/aromatic N) is 14. The quantitative estimate of drug-likeness (QED) is 0.0552. The van der Waals surface area contributed by atoms with Crippen LogP contribution in [0.25, 0.3) is 77.5 Å². The van der Waals surface area contributed by atoms with Gasteiger partial charge in [-0.3, -0.25) is 52.8 Å². The summed E-state index contributed by atoms with van der Waals surface area (Å²) in [6, 6.07) is 13.4. The summed E-state index contributed by atoms with van der Waals surface area (Å²) in [5.41, 5.74) is -6.65. The molecule has 0 radical (unpaired) electrons. The van der Waals surface area contributed by atoms with Crippen LogP contribution in [0, 0.1) is 60.4 Å². The second-order valence-corrected chi connectivity index (χ2v) is 36.0. The highest BCUT2D eigenvalue weighted by molar-refractivity contribution is 6.34. The van der Waals surface area contributed by atoms with Crippen molar-refractivity contribution >= 4 is 90.5 Å². The minimum atomic E-state index is -5.12. The second-order valence-electron chi connectivity index (χ2n) is 35.6. The summed E-state index contributed by atoms with van der Waals surface area (Å²) in [4.78, 5) is 103. The van der Waals surface area contributed by atoms with Crippen molar-refractivity contribution in [2.45, 2.75) is 142 Å². The van der Waals surface area contributed by atoms with Gasteiger partial charge in [-0.1, -0.05) is 77.2 Å². The number of rotatable bonds is 13. The number of hydrogen-bond donors (Lipinski definition) is 3. The summed E-state index contributed by atoms with van der Waals surface area (Å²) in [5.74, 6) is -12.8. The number of halogens is 13. The minimum Gasteiger partial charge on any atom is -0.507 e. The highest BCUT2D eigenvalue weighted by Crippen LogP contribution is 2.53. The number of benzene rings is 6. The molecule has 6 aromatic carbocycles. The van der Waals surface area contributed by atoms with Gasteiger partial charge in [-0.2, -0.15) is 13.2 Å². The van der Waals surface area contributed by atoms with Gasteiger partial charge in [-0.05, 0) is 169 Å². The topological polar surface area (TPSA) is 242 Å². The van der Waals surface area contributed by atoms with Crippen LogP contribution in [0.4, 0.5) is 81.1 Å². The summed E-state index contributed by atoms with van der Waals surface area (Å²) < 4.78 is 198. The fourth-order valence-corrected chi connectivity index (χ4v) is 20.6. The number of amides is 3. The number of fused-ring (bicyclic) bond motifs is 15. The Labute approximate surface area is 771 Å². The van der Waals surface area contributed by atoms with E-state index in [0.717, 1.165) is 83.1 Å². The van der Waals surface area contributed by atoms with Crippen LogP contribution in [0.3, 0.4) is 0 Å². The summed E-state index contributed by atoms with van der Waals surface area (Å²) in [6.45, 7) is 26.6. The predicted octanol–water partition coefficient (Wildman–Crippen LogP) is 16.9. The first-order valence-corrected chi connectivity index (χ1v) is 44.2. The van der Waals surface area contributed by atoms with Gasteiger partial charge < -0.3 is 63.8 Å². The normalized spacial score (nSPS) is 19.3. The molecular formula is C98H95ClF12N14O10. The smallest absolute Gasteiger partial charge is 0.485 e. The molecule has 4 saturated heterocycles. The van der Waals surface area contributed by atoms with Crippen molar-refractivity contribution in [3.05, 3.63) is 240 Å². The lowest BCUT2D eigenvalue weighted by Crippen LogP contribution is -2.66. The van der Waals surface area contributed by atoms with Crippen LogP contribution in [0.15, 0.2) is 150 Å². The molecular weight excluding hydrogens is 1800 g/mol. The Morgan fingerprint density at radius 3 is 1.33 bits per heavy atom. The van der Waals surface area contributed by atoms with E-state index in [1.54, 1.807) is 68.5 Å². The number of anilines is 5. The van der Waals surface area contributed by atoms with Crippen LogP contribution < -0.4 is 45.9 Å². The Morgan fingerprint density at radius 1 is 0.511 bits per heavy atom. The molecule has 0 saturated carbocycles. The number of aryl methyl sites for hydroxylation is 2. The Hall–Kier alpha value is -13.5. The van der Waals surface area contributed by atoms with E-state index in [9.17, 15) is 66.0 Å². The number of piperazine rings is 3. The first-order chi connectivity index (χ1) is 64.1.